The predicted molar refractivity (Wildman–Crippen MR) is 139 cm³/mol. The van der Waals surface area contributed by atoms with E-state index in [1.807, 2.05) is 31.2 Å². The molecule has 0 spiro atoms. The van der Waals surface area contributed by atoms with Gasteiger partial charge in [0.1, 0.15) is 18.4 Å². The highest BCUT2D eigenvalue weighted by molar-refractivity contribution is 6.31. The quantitative estimate of drug-likeness (QED) is 0.315. The smallest absolute Gasteiger partial charge is 0.246 e. The molecule has 2 aromatic rings. The summed E-state index contributed by atoms with van der Waals surface area (Å²) in [4.78, 5) is 51.9. The Morgan fingerprint density at radius 3 is 2.61 bits per heavy atom. The first-order chi connectivity index (χ1) is 17.3. The number of amides is 3. The Morgan fingerprint density at radius 2 is 1.92 bits per heavy atom. The number of aryl methyl sites for hydroxylation is 1. The molecule has 4 N–H and O–H groups in total. The number of hydrogen-bond donors (Lipinski definition) is 3. The van der Waals surface area contributed by atoms with E-state index in [9.17, 15) is 19.2 Å². The maximum atomic E-state index is 13.5. The van der Waals surface area contributed by atoms with Crippen LogP contribution in [0.25, 0.3) is 0 Å². The Hall–Kier alpha value is -3.23. The van der Waals surface area contributed by atoms with E-state index in [1.54, 1.807) is 18.2 Å². The van der Waals surface area contributed by atoms with Gasteiger partial charge in [-0.05, 0) is 67.6 Å². The average Bonchev–Trinajstić information content (AvgIpc) is 2.88. The minimum absolute atomic E-state index is 0.0335. The molecule has 0 saturated carbocycles. The van der Waals surface area contributed by atoms with Crippen molar-refractivity contribution in [2.45, 2.75) is 64.1 Å². The Balaban J connectivity index is 1.79. The Kier molecular flexibility index (Phi) is 10.0. The largest absolute Gasteiger partial charge is 0.342 e. The SMILES string of the molecule is Cc1cc(NC(=O)[C@H](CCCCN)NC(=O)[C@@H]2Cc3ccccc3CN2C(=O)CCC=O)ccc1Cl. The fourth-order valence-corrected chi connectivity index (χ4v) is 4.44. The molecule has 1 aliphatic rings. The van der Waals surface area contributed by atoms with Crippen molar-refractivity contribution in [2.24, 2.45) is 5.73 Å². The van der Waals surface area contributed by atoms with Crippen LogP contribution in [0.2, 0.25) is 5.02 Å². The second-order valence-electron chi connectivity index (χ2n) is 9.01. The second kappa shape index (κ2) is 13.2. The van der Waals surface area contributed by atoms with E-state index >= 15 is 0 Å². The van der Waals surface area contributed by atoms with Gasteiger partial charge in [-0.1, -0.05) is 35.9 Å². The zero-order chi connectivity index (χ0) is 26.1. The van der Waals surface area contributed by atoms with Crippen molar-refractivity contribution in [2.75, 3.05) is 11.9 Å². The van der Waals surface area contributed by atoms with Crippen LogP contribution in [0.15, 0.2) is 42.5 Å². The van der Waals surface area contributed by atoms with E-state index in [0.717, 1.165) is 16.7 Å². The summed E-state index contributed by atoms with van der Waals surface area (Å²) in [5.41, 5.74) is 8.99. The van der Waals surface area contributed by atoms with Crippen molar-refractivity contribution in [1.82, 2.24) is 10.2 Å². The van der Waals surface area contributed by atoms with E-state index in [0.29, 0.717) is 49.2 Å². The van der Waals surface area contributed by atoms with E-state index in [-0.39, 0.29) is 31.2 Å². The lowest BCUT2D eigenvalue weighted by Gasteiger charge is -2.36. The monoisotopic (exact) mass is 512 g/mol. The van der Waals surface area contributed by atoms with Gasteiger partial charge >= 0.3 is 0 Å². The van der Waals surface area contributed by atoms with Crippen molar-refractivity contribution < 1.29 is 19.2 Å². The number of nitrogens with one attached hydrogen (secondary N) is 2. The van der Waals surface area contributed by atoms with Crippen LogP contribution in [0, 0.1) is 6.92 Å². The first kappa shape index (κ1) is 27.4. The van der Waals surface area contributed by atoms with Gasteiger partial charge in [0.15, 0.2) is 0 Å². The lowest BCUT2D eigenvalue weighted by molar-refractivity contribution is -0.142. The number of nitrogens with zero attached hydrogens (tertiary/aromatic N) is 1. The summed E-state index contributed by atoms with van der Waals surface area (Å²) in [5, 5.41) is 6.34. The number of carbonyl (C=O) groups is 4. The molecule has 2 aromatic carbocycles. The van der Waals surface area contributed by atoms with Crippen LogP contribution in [-0.4, -0.2) is 47.5 Å². The van der Waals surface area contributed by atoms with Gasteiger partial charge in [-0.3, -0.25) is 14.4 Å². The van der Waals surface area contributed by atoms with Crippen molar-refractivity contribution >= 4 is 41.3 Å². The van der Waals surface area contributed by atoms with Crippen molar-refractivity contribution in [1.29, 1.82) is 0 Å². The number of hydrogen-bond acceptors (Lipinski definition) is 5. The Labute approximate surface area is 216 Å². The van der Waals surface area contributed by atoms with E-state index in [4.69, 9.17) is 17.3 Å². The molecule has 3 rings (SSSR count). The molecule has 8 nitrogen and oxygen atoms in total. The van der Waals surface area contributed by atoms with Gasteiger partial charge in [0.05, 0.1) is 0 Å². The van der Waals surface area contributed by atoms with Gasteiger partial charge in [0, 0.05) is 36.5 Å². The highest BCUT2D eigenvalue weighted by atomic mass is 35.5. The molecule has 0 radical (unpaired) electrons. The molecule has 2 atom stereocenters. The third kappa shape index (κ3) is 7.15. The molecule has 0 saturated heterocycles. The molecule has 192 valence electrons. The third-order valence-electron chi connectivity index (χ3n) is 6.35. The van der Waals surface area contributed by atoms with Crippen LogP contribution in [0.5, 0.6) is 0 Å². The number of halogens is 1. The molecule has 0 fully saturated rings. The minimum Gasteiger partial charge on any atom is -0.342 e. The number of benzene rings is 2. The van der Waals surface area contributed by atoms with Gasteiger partial charge in [0.2, 0.25) is 17.7 Å². The number of rotatable bonds is 11. The predicted octanol–water partition coefficient (Wildman–Crippen LogP) is 3.13. The number of nitrogens with two attached hydrogens (primary N) is 1. The zero-order valence-electron chi connectivity index (χ0n) is 20.5. The number of aldehydes is 1. The van der Waals surface area contributed by atoms with Gasteiger partial charge in [-0.25, -0.2) is 0 Å². The fraction of sp³-hybridized carbons (Fsp3) is 0.407. The summed E-state index contributed by atoms with van der Waals surface area (Å²) in [6, 6.07) is 11.3. The molecule has 0 aromatic heterocycles. The third-order valence-corrected chi connectivity index (χ3v) is 6.78. The summed E-state index contributed by atoms with van der Waals surface area (Å²) in [5.74, 6) is -1.01. The van der Waals surface area contributed by atoms with Crippen LogP contribution in [0.1, 0.15) is 48.8 Å². The number of carbonyl (C=O) groups excluding carboxylic acids is 4. The summed E-state index contributed by atoms with van der Waals surface area (Å²) >= 11 is 6.09. The molecule has 36 heavy (non-hydrogen) atoms. The average molecular weight is 513 g/mol. The maximum Gasteiger partial charge on any atom is 0.246 e. The van der Waals surface area contributed by atoms with E-state index < -0.39 is 18.0 Å². The standard InChI is InChI=1S/C27H33ClN4O4/c1-18-15-21(11-12-22(18)28)30-26(35)23(9-4-5-13-29)31-27(36)24-16-19-7-2-3-8-20(19)17-32(24)25(34)10-6-14-33/h2-3,7-8,11-12,14-15,23-24H,4-6,9-10,13,16-17,29H2,1H3,(H,30,35)(H,31,36)/t23-,24-/m0/s1. The van der Waals surface area contributed by atoms with Crippen LogP contribution in [0.3, 0.4) is 0 Å². The summed E-state index contributed by atoms with van der Waals surface area (Å²) < 4.78 is 0. The van der Waals surface area contributed by atoms with Crippen LogP contribution >= 0.6 is 11.6 Å². The zero-order valence-corrected chi connectivity index (χ0v) is 21.2. The highest BCUT2D eigenvalue weighted by Crippen LogP contribution is 2.25. The van der Waals surface area contributed by atoms with E-state index in [1.165, 1.54) is 4.90 Å². The number of fused-ring (bicyclic) bond motifs is 1. The van der Waals surface area contributed by atoms with Crippen molar-refractivity contribution in [3.63, 3.8) is 0 Å². The molecule has 9 heteroatoms. The summed E-state index contributed by atoms with van der Waals surface area (Å²) in [6.07, 6.45) is 2.94. The first-order valence-corrected chi connectivity index (χ1v) is 12.6. The molecule has 0 aliphatic carbocycles. The minimum atomic E-state index is -0.802. The topological polar surface area (TPSA) is 122 Å². The summed E-state index contributed by atoms with van der Waals surface area (Å²) in [6.45, 7) is 2.60. The maximum absolute atomic E-state index is 13.5. The van der Waals surface area contributed by atoms with Crippen LogP contribution in [0.4, 0.5) is 5.69 Å². The van der Waals surface area contributed by atoms with Gasteiger partial charge in [0.25, 0.3) is 0 Å². The lowest BCUT2D eigenvalue weighted by Crippen LogP contribution is -2.56. The van der Waals surface area contributed by atoms with Crippen molar-refractivity contribution in [3.05, 3.63) is 64.2 Å². The molecular weight excluding hydrogens is 480 g/mol. The molecule has 1 aliphatic heterocycles. The Bertz CT molecular complexity index is 1110. The van der Waals surface area contributed by atoms with Crippen LogP contribution in [-0.2, 0) is 32.1 Å². The normalized spacial score (nSPS) is 15.5. The lowest BCUT2D eigenvalue weighted by atomic mass is 9.92. The second-order valence-corrected chi connectivity index (χ2v) is 9.42. The van der Waals surface area contributed by atoms with Crippen LogP contribution < -0.4 is 16.4 Å². The summed E-state index contributed by atoms with van der Waals surface area (Å²) in [7, 11) is 0. The number of unbranched alkanes of at least 4 members (excludes halogenated alkanes) is 1. The molecule has 3 amide bonds. The number of anilines is 1. The molecular formula is C27H33ClN4O4. The van der Waals surface area contributed by atoms with Gasteiger partial charge in [-0.2, -0.15) is 0 Å². The highest BCUT2D eigenvalue weighted by Gasteiger charge is 2.36. The fourth-order valence-electron chi connectivity index (χ4n) is 4.33. The molecule has 0 unspecified atom stereocenters. The van der Waals surface area contributed by atoms with Gasteiger partial charge in [-0.15, -0.1) is 0 Å². The molecule has 0 bridgehead atoms. The first-order valence-electron chi connectivity index (χ1n) is 12.2. The van der Waals surface area contributed by atoms with E-state index in [2.05, 4.69) is 10.6 Å². The Morgan fingerprint density at radius 1 is 1.17 bits per heavy atom. The van der Waals surface area contributed by atoms with Gasteiger partial charge < -0.3 is 26.1 Å². The molecule has 1 heterocycles. The van der Waals surface area contributed by atoms with Crippen molar-refractivity contribution in [3.8, 4) is 0 Å².